The number of fused-ring (bicyclic) bond motifs is 3. The van der Waals surface area contributed by atoms with Gasteiger partial charge in [-0.3, -0.25) is 0 Å². The second-order valence-corrected chi connectivity index (χ2v) is 6.42. The summed E-state index contributed by atoms with van der Waals surface area (Å²) in [7, 11) is 1.71. The average molecular weight is 312 g/mol. The summed E-state index contributed by atoms with van der Waals surface area (Å²) >= 11 is 6.19. The van der Waals surface area contributed by atoms with E-state index >= 15 is 0 Å². The van der Waals surface area contributed by atoms with E-state index in [1.807, 2.05) is 12.1 Å². The van der Waals surface area contributed by atoms with E-state index in [2.05, 4.69) is 47.8 Å². The molecule has 2 aromatic rings. The zero-order valence-electron chi connectivity index (χ0n) is 12.4. The molecule has 22 heavy (non-hydrogen) atoms. The van der Waals surface area contributed by atoms with Gasteiger partial charge in [-0.05, 0) is 53.8 Å². The van der Waals surface area contributed by atoms with Crippen LogP contribution in [0.3, 0.4) is 0 Å². The highest BCUT2D eigenvalue weighted by molar-refractivity contribution is 6.30. The van der Waals surface area contributed by atoms with Crippen LogP contribution in [0, 0.1) is 5.92 Å². The molecule has 0 unspecified atom stereocenters. The van der Waals surface area contributed by atoms with Crippen molar-refractivity contribution in [3.05, 3.63) is 70.8 Å². The van der Waals surface area contributed by atoms with Crippen molar-refractivity contribution in [2.75, 3.05) is 12.4 Å². The van der Waals surface area contributed by atoms with E-state index in [1.165, 1.54) is 16.8 Å². The number of anilines is 1. The van der Waals surface area contributed by atoms with Gasteiger partial charge in [-0.25, -0.2) is 0 Å². The molecule has 0 fully saturated rings. The van der Waals surface area contributed by atoms with Crippen molar-refractivity contribution < 1.29 is 4.74 Å². The van der Waals surface area contributed by atoms with Gasteiger partial charge in [-0.15, -0.1) is 0 Å². The van der Waals surface area contributed by atoms with Gasteiger partial charge < -0.3 is 10.1 Å². The lowest BCUT2D eigenvalue weighted by Crippen LogP contribution is -2.29. The average Bonchev–Trinajstić information content (AvgIpc) is 3.04. The Morgan fingerprint density at radius 2 is 2.09 bits per heavy atom. The Balaban J connectivity index is 1.77. The molecule has 0 saturated heterocycles. The molecule has 1 aliphatic heterocycles. The molecule has 0 saturated carbocycles. The van der Waals surface area contributed by atoms with Crippen molar-refractivity contribution in [2.45, 2.75) is 18.4 Å². The second-order valence-electron chi connectivity index (χ2n) is 5.98. The fourth-order valence-corrected chi connectivity index (χ4v) is 3.91. The SMILES string of the molecule is COc1cccc([C@@H]2Nc3ccc(Cl)cc3[C@H]3C=CC[C@@H]32)c1. The van der Waals surface area contributed by atoms with Gasteiger partial charge in [0.2, 0.25) is 0 Å². The molecule has 2 nitrogen and oxygen atoms in total. The van der Waals surface area contributed by atoms with Gasteiger partial charge in [-0.1, -0.05) is 35.9 Å². The smallest absolute Gasteiger partial charge is 0.119 e. The van der Waals surface area contributed by atoms with Gasteiger partial charge in [0.1, 0.15) is 5.75 Å². The highest BCUT2D eigenvalue weighted by Gasteiger charge is 2.37. The van der Waals surface area contributed by atoms with Crippen LogP contribution < -0.4 is 10.1 Å². The fourth-order valence-electron chi connectivity index (χ4n) is 3.73. The number of allylic oxidation sites excluding steroid dienone is 2. The molecule has 4 rings (SSSR count). The molecule has 1 aliphatic carbocycles. The summed E-state index contributed by atoms with van der Waals surface area (Å²) in [5.41, 5.74) is 3.77. The van der Waals surface area contributed by atoms with Crippen LogP contribution in [0.2, 0.25) is 5.02 Å². The summed E-state index contributed by atoms with van der Waals surface area (Å²) < 4.78 is 5.38. The van der Waals surface area contributed by atoms with Crippen molar-refractivity contribution in [3.8, 4) is 5.75 Å². The Morgan fingerprint density at radius 3 is 2.95 bits per heavy atom. The zero-order chi connectivity index (χ0) is 15.1. The van der Waals surface area contributed by atoms with E-state index in [0.29, 0.717) is 17.9 Å². The molecule has 0 aromatic heterocycles. The lowest BCUT2D eigenvalue weighted by atomic mass is 9.77. The monoisotopic (exact) mass is 311 g/mol. The molecule has 0 bridgehead atoms. The predicted octanol–water partition coefficient (Wildman–Crippen LogP) is 5.18. The number of hydrogen-bond donors (Lipinski definition) is 1. The topological polar surface area (TPSA) is 21.3 Å². The molecule has 1 heterocycles. The minimum absolute atomic E-state index is 0.295. The molecule has 0 radical (unpaired) electrons. The molecule has 3 heteroatoms. The summed E-state index contributed by atoms with van der Waals surface area (Å²) in [6.07, 6.45) is 5.71. The summed E-state index contributed by atoms with van der Waals surface area (Å²) in [6, 6.07) is 14.8. The molecule has 2 aliphatic rings. The van der Waals surface area contributed by atoms with Crippen molar-refractivity contribution in [1.82, 2.24) is 0 Å². The largest absolute Gasteiger partial charge is 0.497 e. The van der Waals surface area contributed by atoms with Crippen molar-refractivity contribution >= 4 is 17.3 Å². The first-order chi connectivity index (χ1) is 10.8. The third-order valence-electron chi connectivity index (χ3n) is 4.78. The van der Waals surface area contributed by atoms with Crippen LogP contribution in [-0.2, 0) is 0 Å². The number of halogens is 1. The lowest BCUT2D eigenvalue weighted by molar-refractivity contribution is 0.406. The summed E-state index contributed by atoms with van der Waals surface area (Å²) in [4.78, 5) is 0. The number of ether oxygens (including phenoxy) is 1. The Bertz CT molecular complexity index is 740. The Hall–Kier alpha value is -1.93. The molecule has 3 atom stereocenters. The highest BCUT2D eigenvalue weighted by atomic mass is 35.5. The molecule has 112 valence electrons. The molecule has 0 spiro atoms. The van der Waals surface area contributed by atoms with Crippen molar-refractivity contribution in [1.29, 1.82) is 0 Å². The predicted molar refractivity (Wildman–Crippen MR) is 90.8 cm³/mol. The maximum absolute atomic E-state index is 6.19. The minimum Gasteiger partial charge on any atom is -0.497 e. The highest BCUT2D eigenvalue weighted by Crippen LogP contribution is 2.50. The van der Waals surface area contributed by atoms with Crippen LogP contribution in [-0.4, -0.2) is 7.11 Å². The summed E-state index contributed by atoms with van der Waals surface area (Å²) in [6.45, 7) is 0. The standard InChI is InChI=1S/C19H18ClNO/c1-22-14-5-2-4-12(10-14)19-16-7-3-6-15(16)17-11-13(20)8-9-18(17)21-19/h2-6,8-11,15-16,19,21H,7H2,1H3/t15-,16-,19-/m0/s1. The van der Waals surface area contributed by atoms with E-state index in [0.717, 1.165) is 17.2 Å². The number of hydrogen-bond acceptors (Lipinski definition) is 2. The lowest BCUT2D eigenvalue weighted by Gasteiger charge is -2.37. The Kier molecular flexibility index (Phi) is 3.34. The third-order valence-corrected chi connectivity index (χ3v) is 5.01. The molecule has 0 amide bonds. The van der Waals surface area contributed by atoms with Gasteiger partial charge >= 0.3 is 0 Å². The first-order valence-electron chi connectivity index (χ1n) is 7.63. The van der Waals surface area contributed by atoms with Crippen LogP contribution in [0.1, 0.15) is 29.5 Å². The number of nitrogens with one attached hydrogen (secondary N) is 1. The first-order valence-corrected chi connectivity index (χ1v) is 8.00. The fraction of sp³-hybridized carbons (Fsp3) is 0.263. The number of methoxy groups -OCH3 is 1. The second kappa shape index (κ2) is 5.36. The number of rotatable bonds is 2. The van der Waals surface area contributed by atoms with Crippen LogP contribution in [0.4, 0.5) is 5.69 Å². The summed E-state index contributed by atoms with van der Waals surface area (Å²) in [5, 5.41) is 4.51. The molecule has 2 aromatic carbocycles. The summed E-state index contributed by atoms with van der Waals surface area (Å²) in [5.74, 6) is 1.87. The molecular weight excluding hydrogens is 294 g/mol. The molecular formula is C19H18ClNO. The normalized spacial score (nSPS) is 25.3. The van der Waals surface area contributed by atoms with Crippen LogP contribution in [0.15, 0.2) is 54.6 Å². The van der Waals surface area contributed by atoms with Crippen molar-refractivity contribution in [3.63, 3.8) is 0 Å². The van der Waals surface area contributed by atoms with E-state index < -0.39 is 0 Å². The Labute approximate surface area is 135 Å². The van der Waals surface area contributed by atoms with Gasteiger partial charge in [-0.2, -0.15) is 0 Å². The van der Waals surface area contributed by atoms with Crippen LogP contribution in [0.25, 0.3) is 0 Å². The molecule has 1 N–H and O–H groups in total. The van der Waals surface area contributed by atoms with E-state index in [1.54, 1.807) is 7.11 Å². The van der Waals surface area contributed by atoms with Crippen LogP contribution in [0.5, 0.6) is 5.75 Å². The van der Waals surface area contributed by atoms with Gasteiger partial charge in [0, 0.05) is 16.6 Å². The van der Waals surface area contributed by atoms with E-state index in [4.69, 9.17) is 16.3 Å². The number of benzene rings is 2. The maximum Gasteiger partial charge on any atom is 0.119 e. The van der Waals surface area contributed by atoms with E-state index in [-0.39, 0.29) is 0 Å². The minimum atomic E-state index is 0.295. The first kappa shape index (κ1) is 13.7. The van der Waals surface area contributed by atoms with Gasteiger partial charge in [0.15, 0.2) is 0 Å². The maximum atomic E-state index is 6.19. The van der Waals surface area contributed by atoms with Crippen molar-refractivity contribution in [2.24, 2.45) is 5.92 Å². The van der Waals surface area contributed by atoms with Gasteiger partial charge in [0.25, 0.3) is 0 Å². The van der Waals surface area contributed by atoms with Crippen LogP contribution >= 0.6 is 11.6 Å². The quantitative estimate of drug-likeness (QED) is 0.772. The zero-order valence-corrected chi connectivity index (χ0v) is 13.2. The Morgan fingerprint density at radius 1 is 1.18 bits per heavy atom. The third kappa shape index (κ3) is 2.19. The van der Waals surface area contributed by atoms with E-state index in [9.17, 15) is 0 Å². The van der Waals surface area contributed by atoms with Gasteiger partial charge in [0.05, 0.1) is 13.2 Å².